The quantitative estimate of drug-likeness (QED) is 0.556. The lowest BCUT2D eigenvalue weighted by Crippen LogP contribution is -2.13. The summed E-state index contributed by atoms with van der Waals surface area (Å²) in [4.78, 5) is 12.0. The lowest BCUT2D eigenvalue weighted by molar-refractivity contribution is -0.144. The zero-order valence-corrected chi connectivity index (χ0v) is 14.8. The molecule has 0 aromatic heterocycles. The van der Waals surface area contributed by atoms with Gasteiger partial charge in [-0.1, -0.05) is 55.8 Å². The van der Waals surface area contributed by atoms with Crippen molar-refractivity contribution in [1.29, 1.82) is 0 Å². The van der Waals surface area contributed by atoms with Crippen molar-refractivity contribution >= 4 is 5.97 Å². The van der Waals surface area contributed by atoms with Gasteiger partial charge in [0, 0.05) is 12.3 Å². The maximum Gasteiger partial charge on any atom is 0.416 e. The maximum atomic E-state index is 12.5. The Morgan fingerprint density at radius 2 is 1.69 bits per heavy atom. The van der Waals surface area contributed by atoms with E-state index in [-0.39, 0.29) is 18.3 Å². The Balaban J connectivity index is 1.82. The third-order valence-electron chi connectivity index (χ3n) is 4.25. The van der Waals surface area contributed by atoms with Crippen molar-refractivity contribution in [3.8, 4) is 0 Å². The van der Waals surface area contributed by atoms with Crippen molar-refractivity contribution in [1.82, 2.24) is 0 Å². The molecule has 0 fully saturated rings. The van der Waals surface area contributed by atoms with E-state index in [1.165, 1.54) is 12.1 Å². The molecule has 0 aliphatic heterocycles. The Kier molecular flexibility index (Phi) is 7.25. The predicted molar refractivity (Wildman–Crippen MR) is 94.8 cm³/mol. The number of rotatable bonds is 8. The average molecular weight is 364 g/mol. The van der Waals surface area contributed by atoms with Crippen LogP contribution in [0.5, 0.6) is 0 Å². The zero-order valence-electron chi connectivity index (χ0n) is 14.8. The minimum absolute atomic E-state index is 0.152. The van der Waals surface area contributed by atoms with E-state index in [1.807, 2.05) is 30.3 Å². The summed E-state index contributed by atoms with van der Waals surface area (Å²) in [7, 11) is 0. The van der Waals surface area contributed by atoms with Gasteiger partial charge in [-0.05, 0) is 36.1 Å². The molecule has 0 saturated heterocycles. The van der Waals surface area contributed by atoms with E-state index in [0.717, 1.165) is 30.5 Å². The smallest absolute Gasteiger partial charge is 0.416 e. The molecule has 0 aliphatic rings. The van der Waals surface area contributed by atoms with E-state index in [1.54, 1.807) is 0 Å². The minimum atomic E-state index is -4.34. The molecule has 26 heavy (non-hydrogen) atoms. The van der Waals surface area contributed by atoms with Gasteiger partial charge < -0.3 is 4.74 Å². The van der Waals surface area contributed by atoms with Crippen LogP contribution >= 0.6 is 0 Å². The summed E-state index contributed by atoms with van der Waals surface area (Å²) in [6.07, 6.45) is -1.91. The fourth-order valence-corrected chi connectivity index (χ4v) is 2.79. The molecule has 0 amide bonds. The molecule has 0 unspecified atom stereocenters. The molecule has 2 nitrogen and oxygen atoms in total. The first-order chi connectivity index (χ1) is 12.4. The Morgan fingerprint density at radius 3 is 2.27 bits per heavy atom. The van der Waals surface area contributed by atoms with Crippen LogP contribution in [-0.2, 0) is 22.1 Å². The molecule has 2 rings (SSSR count). The monoisotopic (exact) mass is 364 g/mol. The van der Waals surface area contributed by atoms with E-state index < -0.39 is 11.7 Å². The molecule has 0 saturated carbocycles. The number of hydrogen-bond donors (Lipinski definition) is 0. The largest absolute Gasteiger partial charge is 0.465 e. The summed E-state index contributed by atoms with van der Waals surface area (Å²) < 4.78 is 43.0. The SMILES string of the molecule is CCC[C@H](COC(=O)CCc1ccc(C(F)(F)F)cc1)c1ccccc1. The van der Waals surface area contributed by atoms with Crippen molar-refractivity contribution in [2.75, 3.05) is 6.61 Å². The van der Waals surface area contributed by atoms with Gasteiger partial charge in [0.15, 0.2) is 0 Å². The van der Waals surface area contributed by atoms with Crippen LogP contribution in [0.15, 0.2) is 54.6 Å². The van der Waals surface area contributed by atoms with Crippen LogP contribution in [0.25, 0.3) is 0 Å². The van der Waals surface area contributed by atoms with E-state index >= 15 is 0 Å². The molecule has 1 atom stereocenters. The second-order valence-corrected chi connectivity index (χ2v) is 6.27. The van der Waals surface area contributed by atoms with Crippen LogP contribution in [0.4, 0.5) is 13.2 Å². The lowest BCUT2D eigenvalue weighted by atomic mass is 9.95. The van der Waals surface area contributed by atoms with Crippen molar-refractivity contribution in [3.05, 3.63) is 71.3 Å². The van der Waals surface area contributed by atoms with E-state index in [0.29, 0.717) is 18.6 Å². The molecule has 0 aliphatic carbocycles. The number of benzene rings is 2. The minimum Gasteiger partial charge on any atom is -0.465 e. The molecular formula is C21H23F3O2. The fourth-order valence-electron chi connectivity index (χ4n) is 2.79. The Labute approximate surface area is 152 Å². The molecule has 2 aromatic rings. The summed E-state index contributed by atoms with van der Waals surface area (Å²) in [5, 5.41) is 0. The van der Waals surface area contributed by atoms with E-state index in [9.17, 15) is 18.0 Å². The molecule has 140 valence electrons. The number of esters is 1. The van der Waals surface area contributed by atoms with Gasteiger partial charge in [-0.3, -0.25) is 4.79 Å². The number of aryl methyl sites for hydroxylation is 1. The number of hydrogen-bond acceptors (Lipinski definition) is 2. The van der Waals surface area contributed by atoms with Crippen LogP contribution in [0.2, 0.25) is 0 Å². The fraction of sp³-hybridized carbons (Fsp3) is 0.381. The highest BCUT2D eigenvalue weighted by Gasteiger charge is 2.29. The van der Waals surface area contributed by atoms with E-state index in [4.69, 9.17) is 4.74 Å². The van der Waals surface area contributed by atoms with Crippen molar-refractivity contribution in [3.63, 3.8) is 0 Å². The number of ether oxygens (including phenoxy) is 1. The van der Waals surface area contributed by atoms with Gasteiger partial charge in [0.25, 0.3) is 0 Å². The van der Waals surface area contributed by atoms with Gasteiger partial charge in [0.1, 0.15) is 0 Å². The molecule has 0 heterocycles. The normalized spacial score (nSPS) is 12.6. The topological polar surface area (TPSA) is 26.3 Å². The molecule has 0 radical (unpaired) electrons. The third kappa shape index (κ3) is 6.21. The lowest BCUT2D eigenvalue weighted by Gasteiger charge is -2.16. The molecule has 2 aromatic carbocycles. The number of alkyl halides is 3. The third-order valence-corrected chi connectivity index (χ3v) is 4.25. The van der Waals surface area contributed by atoms with Crippen LogP contribution < -0.4 is 0 Å². The van der Waals surface area contributed by atoms with Gasteiger partial charge in [0.2, 0.25) is 0 Å². The number of carbonyl (C=O) groups excluding carboxylic acids is 1. The van der Waals surface area contributed by atoms with Gasteiger partial charge >= 0.3 is 12.1 Å². The predicted octanol–water partition coefficient (Wildman–Crippen LogP) is 5.77. The van der Waals surface area contributed by atoms with Gasteiger partial charge in [0.05, 0.1) is 12.2 Å². The van der Waals surface area contributed by atoms with Crippen molar-refractivity contribution in [2.24, 2.45) is 0 Å². The van der Waals surface area contributed by atoms with Crippen molar-refractivity contribution < 1.29 is 22.7 Å². The molecule has 0 bridgehead atoms. The standard InChI is InChI=1S/C21H23F3O2/c1-2-6-18(17-7-4-3-5-8-17)15-26-20(25)14-11-16-9-12-19(13-10-16)21(22,23)24/h3-5,7-10,12-13,18H,2,6,11,14-15H2,1H3/t18-/m1/s1. The second kappa shape index (κ2) is 9.41. The van der Waals surface area contributed by atoms with Crippen LogP contribution in [0.3, 0.4) is 0 Å². The molecular weight excluding hydrogens is 341 g/mol. The van der Waals surface area contributed by atoms with Gasteiger partial charge in [-0.25, -0.2) is 0 Å². The Bertz CT molecular complexity index is 679. The number of halogens is 3. The summed E-state index contributed by atoms with van der Waals surface area (Å²) in [6.45, 7) is 2.41. The summed E-state index contributed by atoms with van der Waals surface area (Å²) in [5.41, 5.74) is 1.14. The van der Waals surface area contributed by atoms with E-state index in [2.05, 4.69) is 6.92 Å². The highest BCUT2D eigenvalue weighted by molar-refractivity contribution is 5.69. The molecule has 5 heteroatoms. The Morgan fingerprint density at radius 1 is 1.04 bits per heavy atom. The first-order valence-corrected chi connectivity index (χ1v) is 8.77. The van der Waals surface area contributed by atoms with Crippen LogP contribution in [-0.4, -0.2) is 12.6 Å². The molecule has 0 N–H and O–H groups in total. The molecule has 0 spiro atoms. The highest BCUT2D eigenvalue weighted by atomic mass is 19.4. The van der Waals surface area contributed by atoms with Gasteiger partial charge in [-0.15, -0.1) is 0 Å². The van der Waals surface area contributed by atoms with Crippen molar-refractivity contribution in [2.45, 2.75) is 44.7 Å². The highest BCUT2D eigenvalue weighted by Crippen LogP contribution is 2.29. The van der Waals surface area contributed by atoms with Crippen LogP contribution in [0, 0.1) is 0 Å². The average Bonchev–Trinajstić information content (AvgIpc) is 2.63. The first-order valence-electron chi connectivity index (χ1n) is 8.77. The summed E-state index contributed by atoms with van der Waals surface area (Å²) in [5.74, 6) is -0.168. The Hall–Kier alpha value is -2.30. The van der Waals surface area contributed by atoms with Gasteiger partial charge in [-0.2, -0.15) is 13.2 Å². The first kappa shape index (κ1) is 20.0. The zero-order chi connectivity index (χ0) is 19.0. The van der Waals surface area contributed by atoms with Crippen LogP contribution in [0.1, 0.15) is 48.8 Å². The summed E-state index contributed by atoms with van der Waals surface area (Å²) >= 11 is 0. The second-order valence-electron chi connectivity index (χ2n) is 6.27. The maximum absolute atomic E-state index is 12.5. The number of carbonyl (C=O) groups is 1. The summed E-state index contributed by atoms with van der Waals surface area (Å²) in [6, 6.07) is 14.8.